The predicted molar refractivity (Wildman–Crippen MR) is 193 cm³/mol. The van der Waals surface area contributed by atoms with E-state index in [4.69, 9.17) is 27.9 Å². The van der Waals surface area contributed by atoms with Gasteiger partial charge in [-0.3, -0.25) is 0 Å². The first-order valence-electron chi connectivity index (χ1n) is 16.9. The van der Waals surface area contributed by atoms with Crippen LogP contribution in [0.3, 0.4) is 0 Å². The zero-order chi connectivity index (χ0) is 38.5. The molecule has 51 heavy (non-hydrogen) atoms. The Morgan fingerprint density at radius 3 is 1.69 bits per heavy atom. The number of hydrogen-bond acceptors (Lipinski definition) is 12. The molecular formula is C36H52BN5O9. The first-order chi connectivity index (χ1) is 23.4. The van der Waals surface area contributed by atoms with Crippen LogP contribution < -0.4 is 10.4 Å². The highest BCUT2D eigenvalue weighted by Crippen LogP contribution is 2.32. The molecular weight excluding hydrogens is 657 g/mol. The monoisotopic (exact) mass is 709 g/mol. The van der Waals surface area contributed by atoms with Crippen molar-refractivity contribution in [2.45, 2.75) is 126 Å². The number of ether oxygens (including phenoxy) is 3. The van der Waals surface area contributed by atoms with Crippen molar-refractivity contribution in [3.8, 4) is 22.9 Å². The molecule has 0 spiro atoms. The Morgan fingerprint density at radius 2 is 1.22 bits per heavy atom. The van der Waals surface area contributed by atoms with Crippen LogP contribution >= 0.6 is 0 Å². The van der Waals surface area contributed by atoms with Gasteiger partial charge in [-0.25, -0.2) is 19.4 Å². The van der Waals surface area contributed by atoms with Gasteiger partial charge in [0.2, 0.25) is 5.89 Å². The quantitative estimate of drug-likeness (QED) is 0.152. The lowest BCUT2D eigenvalue weighted by Crippen LogP contribution is -2.45. The van der Waals surface area contributed by atoms with E-state index in [0.717, 1.165) is 5.56 Å². The summed E-state index contributed by atoms with van der Waals surface area (Å²) < 4.78 is 34.9. The third-order valence-corrected chi connectivity index (χ3v) is 6.30. The van der Waals surface area contributed by atoms with Crippen LogP contribution in [0.25, 0.3) is 22.9 Å². The molecule has 2 heterocycles. The third kappa shape index (κ3) is 12.7. The van der Waals surface area contributed by atoms with Crippen LogP contribution in [0, 0.1) is 0 Å². The van der Waals surface area contributed by atoms with Crippen molar-refractivity contribution in [3.63, 3.8) is 0 Å². The van der Waals surface area contributed by atoms with Crippen molar-refractivity contribution in [2.24, 2.45) is 0 Å². The maximum atomic E-state index is 13.6. The van der Waals surface area contributed by atoms with Crippen LogP contribution in [0.4, 0.5) is 20.2 Å². The van der Waals surface area contributed by atoms with Crippen LogP contribution in [0.15, 0.2) is 40.9 Å². The summed E-state index contributed by atoms with van der Waals surface area (Å²) in [6.07, 6.45) is -1.44. The van der Waals surface area contributed by atoms with E-state index in [-0.39, 0.29) is 35.4 Å². The largest absolute Gasteiger partial charge is 0.495 e. The Labute approximate surface area is 301 Å². The summed E-state index contributed by atoms with van der Waals surface area (Å²) in [6.45, 7) is 23.3. The van der Waals surface area contributed by atoms with E-state index in [1.807, 2.05) is 60.6 Å². The first kappa shape index (κ1) is 40.9. The molecule has 0 bridgehead atoms. The summed E-state index contributed by atoms with van der Waals surface area (Å²) in [4.78, 5) is 46.5. The first-order valence-corrected chi connectivity index (χ1v) is 16.9. The predicted octanol–water partition coefficient (Wildman–Crippen LogP) is 7.39. The minimum atomic E-state index is -1.02. The number of pyridine rings is 1. The second-order valence-electron chi connectivity index (χ2n) is 15.6. The summed E-state index contributed by atoms with van der Waals surface area (Å²) in [5, 5.41) is 8.55. The van der Waals surface area contributed by atoms with E-state index in [1.165, 1.54) is 11.1 Å². The van der Waals surface area contributed by atoms with Crippen LogP contribution in [0.5, 0.6) is 0 Å². The number of imide groups is 1. The molecule has 1 aromatic carbocycles. The molecule has 3 rings (SSSR count). The summed E-state index contributed by atoms with van der Waals surface area (Å²) in [6, 6.07) is 8.84. The van der Waals surface area contributed by atoms with Gasteiger partial charge < -0.3 is 32.8 Å². The van der Waals surface area contributed by atoms with Gasteiger partial charge in [0.1, 0.15) is 16.8 Å². The molecule has 0 unspecified atom stereocenters. The smallest absolute Gasteiger partial charge is 0.444 e. The number of nitrogens with zero attached hydrogens (tertiary/aromatic N) is 5. The molecule has 3 amide bonds. The highest BCUT2D eigenvalue weighted by molar-refractivity contribution is 6.61. The molecule has 14 nitrogen and oxygen atoms in total. The Kier molecular flexibility index (Phi) is 13.0. The third-order valence-electron chi connectivity index (χ3n) is 6.30. The molecule has 0 saturated heterocycles. The highest BCUT2D eigenvalue weighted by Gasteiger charge is 2.37. The van der Waals surface area contributed by atoms with E-state index in [1.54, 1.807) is 66.8 Å². The SMILES string of the molecule is CC(C)OB(OC(C)C)c1cnc(N(C(=O)OC(C)(C)C)C(=O)OC(C)(C)C)c(-c2nnc(-c3ccc(CN(C)C(=O)OC(C)(C)C)cc3)o2)c1. The van der Waals surface area contributed by atoms with Gasteiger partial charge in [-0.15, -0.1) is 10.2 Å². The summed E-state index contributed by atoms with van der Waals surface area (Å²) >= 11 is 0. The summed E-state index contributed by atoms with van der Waals surface area (Å²) in [5.74, 6) is -0.0539. The van der Waals surface area contributed by atoms with Crippen LogP contribution in [-0.2, 0) is 30.1 Å². The Morgan fingerprint density at radius 1 is 0.745 bits per heavy atom. The second kappa shape index (κ2) is 16.2. The van der Waals surface area contributed by atoms with Crippen LogP contribution in [0.2, 0.25) is 0 Å². The van der Waals surface area contributed by atoms with Crippen LogP contribution in [-0.4, -0.2) is 81.5 Å². The Bertz CT molecular complexity index is 1620. The van der Waals surface area contributed by atoms with Crippen LogP contribution in [0.1, 0.15) is 95.6 Å². The van der Waals surface area contributed by atoms with E-state index in [9.17, 15) is 14.4 Å². The van der Waals surface area contributed by atoms with Gasteiger partial charge >= 0.3 is 25.4 Å². The lowest BCUT2D eigenvalue weighted by atomic mass is 9.78. The minimum absolute atomic E-state index is 0.0481. The second-order valence-corrected chi connectivity index (χ2v) is 15.6. The van der Waals surface area contributed by atoms with Crippen molar-refractivity contribution in [1.82, 2.24) is 20.1 Å². The fourth-order valence-corrected chi connectivity index (χ4v) is 4.36. The number of aromatic nitrogens is 3. The molecule has 15 heteroatoms. The van der Waals surface area contributed by atoms with Crippen molar-refractivity contribution >= 4 is 36.7 Å². The maximum absolute atomic E-state index is 13.6. The molecule has 0 atom stereocenters. The topological polar surface area (TPSA) is 156 Å². The van der Waals surface area contributed by atoms with Gasteiger partial charge in [0.05, 0.1) is 5.56 Å². The molecule has 278 valence electrons. The van der Waals surface area contributed by atoms with Gasteiger partial charge in [-0.05, 0) is 114 Å². The number of amides is 3. The van der Waals surface area contributed by atoms with Crippen molar-refractivity contribution < 1.29 is 42.3 Å². The number of carbonyl (C=O) groups excluding carboxylic acids is 3. The zero-order valence-electron chi connectivity index (χ0n) is 32.3. The molecule has 0 N–H and O–H groups in total. The van der Waals surface area contributed by atoms with Crippen molar-refractivity contribution in [1.29, 1.82) is 0 Å². The lowest BCUT2D eigenvalue weighted by molar-refractivity contribution is 0.0283. The van der Waals surface area contributed by atoms with E-state index in [0.29, 0.717) is 22.5 Å². The Balaban J connectivity index is 2.12. The molecule has 0 aliphatic rings. The molecule has 0 fully saturated rings. The van der Waals surface area contributed by atoms with Crippen molar-refractivity contribution in [3.05, 3.63) is 42.1 Å². The standard InChI is InChI=1S/C36H52BN5O9/c1-22(2)50-37(51-23(3)4)26-19-27(28(38-20-26)42(32(44)48-35(8,9)10)33(45)49-36(11,12)13)30-40-39-29(46-30)25-17-15-24(16-18-25)21-41(14)31(43)47-34(5,6)7/h15-20,22-23H,21H2,1-14H3. The Hall–Kier alpha value is -4.50. The highest BCUT2D eigenvalue weighted by atomic mass is 16.6. The fourth-order valence-electron chi connectivity index (χ4n) is 4.36. The molecule has 0 radical (unpaired) electrons. The van der Waals surface area contributed by atoms with Gasteiger partial charge in [-0.2, -0.15) is 4.90 Å². The number of hydrogen-bond donors (Lipinski definition) is 0. The van der Waals surface area contributed by atoms with E-state index >= 15 is 0 Å². The minimum Gasteiger partial charge on any atom is -0.444 e. The molecule has 3 aromatic rings. The summed E-state index contributed by atoms with van der Waals surface area (Å²) in [5.41, 5.74) is -0.485. The van der Waals surface area contributed by atoms with E-state index < -0.39 is 42.2 Å². The molecule has 0 aliphatic carbocycles. The lowest BCUT2D eigenvalue weighted by Gasteiger charge is -2.29. The van der Waals surface area contributed by atoms with Gasteiger partial charge in [0.25, 0.3) is 5.89 Å². The van der Waals surface area contributed by atoms with Gasteiger partial charge in [-0.1, -0.05) is 12.1 Å². The van der Waals surface area contributed by atoms with Gasteiger partial charge in [0.15, 0.2) is 5.82 Å². The van der Waals surface area contributed by atoms with Crippen molar-refractivity contribution in [2.75, 3.05) is 11.9 Å². The van der Waals surface area contributed by atoms with Gasteiger partial charge in [0, 0.05) is 43.0 Å². The zero-order valence-corrected chi connectivity index (χ0v) is 32.3. The maximum Gasteiger partial charge on any atom is 0.495 e. The average Bonchev–Trinajstić information content (AvgIpc) is 3.44. The normalized spacial score (nSPS) is 12.2. The molecule has 0 aliphatic heterocycles. The molecule has 0 saturated carbocycles. The number of anilines is 1. The van der Waals surface area contributed by atoms with E-state index in [2.05, 4.69) is 15.2 Å². The molecule has 2 aromatic heterocycles. The number of carbonyl (C=O) groups is 3. The number of benzene rings is 1. The average molecular weight is 710 g/mol. The summed E-state index contributed by atoms with van der Waals surface area (Å²) in [7, 11) is 0.808. The number of rotatable bonds is 10. The fraction of sp³-hybridized carbons (Fsp3) is 0.556.